The molecular weight excluding hydrogens is 1390 g/mol. The maximum Gasteiger partial charge on any atom is 0.488 e. The van der Waals surface area contributed by atoms with Crippen LogP contribution in [0, 0.1) is 11.8 Å². The number of aromatic nitrogens is 3. The van der Waals surface area contributed by atoms with Crippen LogP contribution in [-0.4, -0.2) is 162 Å². The van der Waals surface area contributed by atoms with E-state index in [0.717, 1.165) is 117 Å². The number of phosphoric acid groups is 2. The van der Waals surface area contributed by atoms with Crippen molar-refractivity contribution in [3.05, 3.63) is 154 Å². The Hall–Kier alpha value is -9.08. The summed E-state index contributed by atoms with van der Waals surface area (Å²) < 4.78 is 88.9. The molecule has 0 spiro atoms. The van der Waals surface area contributed by atoms with Crippen LogP contribution in [0.5, 0.6) is 17.2 Å². The lowest BCUT2D eigenvalue weighted by molar-refractivity contribution is -0.126. The number of Topliss-reactive ketones (excluding diaryl/α,β-unsaturated/α-hetero) is 1. The van der Waals surface area contributed by atoms with Gasteiger partial charge >= 0.3 is 29.2 Å². The van der Waals surface area contributed by atoms with E-state index in [1.807, 2.05) is 0 Å². The third kappa shape index (κ3) is 16.8. The largest absolute Gasteiger partial charge is 0.491 e. The number of carbonyl (C=O) groups excluding carboxylic acids is 3. The number of carboxylic acid groups (broad SMARTS) is 1. The van der Waals surface area contributed by atoms with Gasteiger partial charge in [0.2, 0.25) is 11.3 Å². The maximum absolute atomic E-state index is 14.2. The van der Waals surface area contributed by atoms with E-state index in [0.29, 0.717) is 28.7 Å². The molecule has 0 saturated carbocycles. The van der Waals surface area contributed by atoms with E-state index in [1.165, 1.54) is 51.4 Å². The fourth-order valence-electron chi connectivity index (χ4n) is 13.7. The van der Waals surface area contributed by atoms with Gasteiger partial charge in [0, 0.05) is 112 Å². The molecule has 7 atom stereocenters. The summed E-state index contributed by atoms with van der Waals surface area (Å²) >= 11 is 0. The number of aromatic carboxylic acids is 1. The zero-order chi connectivity index (χ0) is 71.9. The molecule has 6 aromatic rings. The summed E-state index contributed by atoms with van der Waals surface area (Å²) in [4.78, 5) is 99.1. The molecule has 2 amide bonds. The van der Waals surface area contributed by atoms with E-state index in [4.69, 9.17) is 44.2 Å². The van der Waals surface area contributed by atoms with Crippen LogP contribution in [0.25, 0.3) is 37.5 Å². The number of benzene rings is 4. The molecule has 37 heteroatoms. The highest BCUT2D eigenvalue weighted by molar-refractivity contribution is 7.68. The van der Waals surface area contributed by atoms with E-state index in [-0.39, 0.29) is 86.3 Å². The predicted octanol–water partition coefficient (Wildman–Crippen LogP) is 6.76. The highest BCUT2D eigenvalue weighted by atomic mass is 31.3. The molecule has 0 aliphatic carbocycles. The first-order valence-electron chi connectivity index (χ1n) is 32.8. The molecule has 6 aliphatic rings. The Morgan fingerprint density at radius 2 is 1.69 bits per heavy atom. The van der Waals surface area contributed by atoms with Gasteiger partial charge in [-0.2, -0.15) is 4.31 Å². The van der Waals surface area contributed by atoms with Crippen molar-refractivity contribution in [2.45, 2.75) is 95.3 Å². The van der Waals surface area contributed by atoms with Crippen molar-refractivity contribution >= 4 is 74.9 Å². The quantitative estimate of drug-likeness (QED) is 0.00357. The zero-order valence-corrected chi connectivity index (χ0v) is 57.8. The molecule has 1 saturated heterocycles. The number of hydrogen-bond acceptors (Lipinski definition) is 22. The van der Waals surface area contributed by atoms with Gasteiger partial charge in [-0.05, 0) is 110 Å². The van der Waals surface area contributed by atoms with Gasteiger partial charge in [-0.25, -0.2) is 32.8 Å². The van der Waals surface area contributed by atoms with E-state index in [9.17, 15) is 58.2 Å². The first kappa shape index (κ1) is 72.7. The number of carbonyl (C=O) groups is 4. The lowest BCUT2D eigenvalue weighted by Crippen LogP contribution is -2.45. The average Bonchev–Trinajstić information content (AvgIpc) is 1.34. The van der Waals surface area contributed by atoms with Crippen LogP contribution < -0.4 is 45.9 Å². The Labute approximate surface area is 581 Å². The van der Waals surface area contributed by atoms with Gasteiger partial charge in [0.1, 0.15) is 80.4 Å². The number of nitrogen functional groups attached to an aromatic ring is 1. The Balaban J connectivity index is 0.611. The minimum absolute atomic E-state index is 0.0225. The van der Waals surface area contributed by atoms with Crippen LogP contribution >= 0.6 is 23.2 Å². The second kappa shape index (κ2) is 31.7. The molecule has 8 heterocycles. The van der Waals surface area contributed by atoms with Gasteiger partial charge in [0.15, 0.2) is 12.0 Å². The third-order valence-corrected chi connectivity index (χ3v) is 22.0. The molecule has 536 valence electrons. The number of phosphoric ester groups is 1. The van der Waals surface area contributed by atoms with Gasteiger partial charge in [-0.15, -0.1) is 0 Å². The summed E-state index contributed by atoms with van der Waals surface area (Å²) in [5.74, 6) is 5.27. The number of carboxylic acids is 1. The van der Waals surface area contributed by atoms with Crippen molar-refractivity contribution in [2.24, 2.45) is 10.2 Å². The lowest BCUT2D eigenvalue weighted by Gasteiger charge is -2.39. The maximum atomic E-state index is 14.2. The lowest BCUT2D eigenvalue weighted by atomic mass is 9.81. The van der Waals surface area contributed by atoms with Crippen LogP contribution in [-0.2, 0) is 76.3 Å². The molecule has 102 heavy (non-hydrogen) atoms. The van der Waals surface area contributed by atoms with Crippen LogP contribution in [0.2, 0.25) is 0 Å². The molecule has 34 nitrogen and oxygen atoms in total. The monoisotopic (exact) mass is 1460 g/mol. The number of nitrogens with one attached hydrogen (secondary N) is 2. The number of ether oxygens (including phenoxy) is 6. The number of rotatable bonds is 30. The third-order valence-electron chi connectivity index (χ3n) is 17.8. The summed E-state index contributed by atoms with van der Waals surface area (Å²) in [5.41, 5.74) is 33.7. The topological polar surface area (TPSA) is 468 Å². The smallest absolute Gasteiger partial charge is 0.488 e. The van der Waals surface area contributed by atoms with Crippen LogP contribution in [0.1, 0.15) is 121 Å². The fraction of sp³-hybridized carbons (Fsp3) is 0.431. The van der Waals surface area contributed by atoms with E-state index < -0.39 is 85.6 Å². The van der Waals surface area contributed by atoms with Gasteiger partial charge in [-0.1, -0.05) is 34.2 Å². The number of fused-ring (bicyclic) bond motifs is 5. The summed E-state index contributed by atoms with van der Waals surface area (Å²) in [6.07, 6.45) is 6.13. The second-order valence-corrected chi connectivity index (χ2v) is 29.8. The van der Waals surface area contributed by atoms with Gasteiger partial charge < -0.3 is 74.0 Å². The molecule has 2 aromatic heterocycles. The summed E-state index contributed by atoms with van der Waals surface area (Å²) in [6.45, 7) is 2.21. The number of amides is 2. The van der Waals surface area contributed by atoms with Crippen molar-refractivity contribution in [3.63, 3.8) is 0 Å². The SMILES string of the molecule is CP(=O)(O)OP(=O)(O)OP(=O)(O)OC[C@H]1O[C@@H](n2cc(C#CCNC(=O)COCCOC(COc3cccc(C(=O)NCCCC(=O)c4ccc(C(=O)O)c(C5=c6cc7c8c(c6Oc6c5cc5c9c6CCCN9CCC5)CCC[N+]=8CCC7)c4)c3)N=[N+]=[N-])c3c(N)ncnc32)C[C@H]1OCN=[N+]=[N-]. The van der Waals surface area contributed by atoms with E-state index in [1.54, 1.807) is 30.3 Å². The van der Waals surface area contributed by atoms with E-state index >= 15 is 0 Å². The number of anilines is 2. The molecule has 4 unspecified atom stereocenters. The van der Waals surface area contributed by atoms with Gasteiger partial charge in [0.05, 0.1) is 54.5 Å². The standard InChI is InChI=1S/C65H71N14O20P3/c1-100(85,86)98-102(89,90)99-101(87,88)95-33-52-51(94-37-73-75-67)31-55(96-52)79-32-42(56-62(66)71-36-72-63(56)79)10-3-19-69-53(81)34-91-25-26-92-54(74-76-68)35-93-43-13-2-9-41(27-43)64(82)70-20-4-16-50(80)38-17-18-44(65(83)84)47(28-38)57-48-29-39-11-5-21-77-23-7-14-45(58(39)77)60(48)97-61-46-15-8-24-78-22-6-12-40(59(46)78)30-49(57)61/h2,9,13,17-18,27-30,32,36,51-52,54-55H,4-8,11-12,14-16,19-26,31,33-35,37H2,1H3,(H7-,66,69,70,71,72,81,82,83,84,85,86,87,88,89,90)/p+1/t51-,52-,54?,55-/m1/s1. The zero-order valence-electron chi connectivity index (χ0n) is 55.1. The minimum atomic E-state index is -5.58. The number of ketones is 1. The average molecular weight is 1460 g/mol. The first-order chi connectivity index (χ1) is 49.1. The number of hydrogen-bond donors (Lipinski definition) is 7. The number of nitrogens with zero attached hydrogens (tertiary/aromatic N) is 11. The summed E-state index contributed by atoms with van der Waals surface area (Å²) in [6, 6.07) is 15.5. The van der Waals surface area contributed by atoms with Crippen molar-refractivity contribution in [1.82, 2.24) is 29.7 Å². The van der Waals surface area contributed by atoms with Crippen molar-refractivity contribution in [2.75, 3.05) is 96.3 Å². The van der Waals surface area contributed by atoms with Crippen molar-refractivity contribution in [1.29, 1.82) is 0 Å². The van der Waals surface area contributed by atoms with Crippen LogP contribution in [0.4, 0.5) is 11.5 Å². The fourth-order valence-corrected chi connectivity index (χ4v) is 17.2. The molecule has 8 N–H and O–H groups in total. The van der Waals surface area contributed by atoms with Crippen molar-refractivity contribution in [3.8, 4) is 29.1 Å². The highest BCUT2D eigenvalue weighted by Gasteiger charge is 2.44. The van der Waals surface area contributed by atoms with E-state index in [2.05, 4.69) is 82.7 Å². The number of aryl methyl sites for hydroxylation is 2. The normalized spacial score (nSPS) is 19.1. The Kier molecular flexibility index (Phi) is 22.6. The van der Waals surface area contributed by atoms with Gasteiger partial charge in [0.25, 0.3) is 5.91 Å². The molecule has 4 aromatic carbocycles. The summed E-state index contributed by atoms with van der Waals surface area (Å²) in [5, 5.41) is 25.7. The predicted molar refractivity (Wildman–Crippen MR) is 364 cm³/mol. The molecule has 12 rings (SSSR count). The van der Waals surface area contributed by atoms with Crippen LogP contribution in [0.15, 0.2) is 77.3 Å². The minimum Gasteiger partial charge on any atom is -0.491 e. The Bertz CT molecular complexity index is 4790. The molecular formula is C65H72N14O20P3+. The Morgan fingerprint density at radius 1 is 0.892 bits per heavy atom. The second-order valence-electron chi connectivity index (χ2n) is 24.7. The molecule has 1 fully saturated rings. The number of azide groups is 2. The Morgan fingerprint density at radius 3 is 2.48 bits per heavy atom. The van der Waals surface area contributed by atoms with Crippen molar-refractivity contribution < 1.29 is 94.2 Å². The highest BCUT2D eigenvalue weighted by Crippen LogP contribution is 2.66. The molecule has 0 bridgehead atoms. The van der Waals surface area contributed by atoms with Gasteiger partial charge in [-0.3, -0.25) is 23.5 Å². The first-order valence-corrected chi connectivity index (χ1v) is 37.8. The van der Waals surface area contributed by atoms with Crippen LogP contribution in [0.3, 0.4) is 0 Å². The molecule has 6 aliphatic heterocycles. The summed E-state index contributed by atoms with van der Waals surface area (Å²) in [7, 11) is -15.7. The number of nitrogens with two attached hydrogens (primary N) is 1. The molecule has 0 radical (unpaired) electrons.